The van der Waals surface area contributed by atoms with E-state index < -0.39 is 5.82 Å². The summed E-state index contributed by atoms with van der Waals surface area (Å²) in [7, 11) is 0. The molecule has 0 unspecified atom stereocenters. The molecule has 4 rings (SSSR count). The molecular weight excluding hydrogens is 409 g/mol. The average Bonchev–Trinajstić information content (AvgIpc) is 2.82. The van der Waals surface area contributed by atoms with Crippen LogP contribution in [0.25, 0.3) is 11.4 Å². The molecule has 32 heavy (non-hydrogen) atoms. The standard InChI is InChI=1S/C25H26FN3O3/c1-17-23(26)25(29-10-12-32-13-11-29)28-24(27-17)21-8-6-19(7-9-21)15-22(31)14-18-2-4-20(16-30)5-3-18/h2-9,30H,10-16H2,1H3. The molecule has 1 fully saturated rings. The molecule has 1 aromatic heterocycles. The Kier molecular flexibility index (Phi) is 6.87. The second-order valence-corrected chi connectivity index (χ2v) is 7.93. The van der Waals surface area contributed by atoms with Gasteiger partial charge in [0, 0.05) is 31.5 Å². The Morgan fingerprint density at radius 2 is 1.53 bits per heavy atom. The maximum Gasteiger partial charge on any atom is 0.186 e. The van der Waals surface area contributed by atoms with E-state index in [9.17, 15) is 9.18 Å². The predicted molar refractivity (Wildman–Crippen MR) is 120 cm³/mol. The number of ketones is 1. The molecule has 166 valence electrons. The number of ether oxygens (including phenoxy) is 1. The number of benzene rings is 2. The van der Waals surface area contributed by atoms with Crippen molar-refractivity contribution in [2.75, 3.05) is 31.2 Å². The third-order valence-electron chi connectivity index (χ3n) is 5.53. The number of aromatic nitrogens is 2. The predicted octanol–water partition coefficient (Wildman–Crippen LogP) is 3.27. The molecule has 0 aliphatic carbocycles. The monoisotopic (exact) mass is 435 g/mol. The van der Waals surface area contributed by atoms with E-state index in [4.69, 9.17) is 9.84 Å². The lowest BCUT2D eigenvalue weighted by Gasteiger charge is -2.28. The quantitative estimate of drug-likeness (QED) is 0.614. The third kappa shape index (κ3) is 5.18. The fourth-order valence-corrected chi connectivity index (χ4v) is 3.71. The van der Waals surface area contributed by atoms with Crippen molar-refractivity contribution < 1.29 is 19.0 Å². The summed E-state index contributed by atoms with van der Waals surface area (Å²) in [6.07, 6.45) is 0.668. The molecule has 6 nitrogen and oxygen atoms in total. The first-order valence-corrected chi connectivity index (χ1v) is 10.7. The van der Waals surface area contributed by atoms with Crippen molar-refractivity contribution in [1.82, 2.24) is 9.97 Å². The number of hydrogen-bond donors (Lipinski definition) is 1. The van der Waals surface area contributed by atoms with E-state index in [2.05, 4.69) is 9.97 Å². The van der Waals surface area contributed by atoms with Gasteiger partial charge in [0.1, 0.15) is 5.78 Å². The van der Waals surface area contributed by atoms with Crippen LogP contribution in [0.5, 0.6) is 0 Å². The molecule has 1 N–H and O–H groups in total. The largest absolute Gasteiger partial charge is 0.392 e. The van der Waals surface area contributed by atoms with E-state index >= 15 is 0 Å². The van der Waals surface area contributed by atoms with Gasteiger partial charge in [0.05, 0.1) is 25.5 Å². The minimum absolute atomic E-state index is 0.00813. The SMILES string of the molecule is Cc1nc(-c2ccc(CC(=O)Cc3ccc(CO)cc3)cc2)nc(N2CCOCC2)c1F. The maximum atomic E-state index is 14.7. The number of nitrogens with zero attached hydrogens (tertiary/aromatic N) is 3. The number of Topliss-reactive ketones (excluding diaryl/α,β-unsaturated/α-hetero) is 1. The molecule has 1 aliphatic heterocycles. The van der Waals surface area contributed by atoms with Crippen LogP contribution in [0.2, 0.25) is 0 Å². The molecule has 0 saturated carbocycles. The van der Waals surface area contributed by atoms with Gasteiger partial charge >= 0.3 is 0 Å². The zero-order valence-corrected chi connectivity index (χ0v) is 18.1. The number of hydrogen-bond acceptors (Lipinski definition) is 6. The fourth-order valence-electron chi connectivity index (χ4n) is 3.71. The van der Waals surface area contributed by atoms with Gasteiger partial charge in [-0.2, -0.15) is 0 Å². The van der Waals surface area contributed by atoms with E-state index in [1.807, 2.05) is 53.4 Å². The second kappa shape index (κ2) is 9.97. The van der Waals surface area contributed by atoms with Crippen LogP contribution in [0, 0.1) is 12.7 Å². The molecular formula is C25H26FN3O3. The Morgan fingerprint density at radius 1 is 0.969 bits per heavy atom. The molecule has 7 heteroatoms. The summed E-state index contributed by atoms with van der Waals surface area (Å²) >= 11 is 0. The number of carbonyl (C=O) groups excluding carboxylic acids is 1. The summed E-state index contributed by atoms with van der Waals surface area (Å²) in [4.78, 5) is 23.2. The highest BCUT2D eigenvalue weighted by Crippen LogP contribution is 2.25. The number of aliphatic hydroxyl groups excluding tert-OH is 1. The van der Waals surface area contributed by atoms with Crippen LogP contribution in [0.15, 0.2) is 48.5 Å². The van der Waals surface area contributed by atoms with Crippen molar-refractivity contribution in [2.24, 2.45) is 0 Å². The summed E-state index contributed by atoms with van der Waals surface area (Å²) in [6, 6.07) is 14.9. The first-order valence-electron chi connectivity index (χ1n) is 10.7. The zero-order valence-electron chi connectivity index (χ0n) is 18.1. The first-order chi connectivity index (χ1) is 15.5. The van der Waals surface area contributed by atoms with Gasteiger partial charge in [0.2, 0.25) is 0 Å². The highest BCUT2D eigenvalue weighted by atomic mass is 19.1. The smallest absolute Gasteiger partial charge is 0.186 e. The summed E-state index contributed by atoms with van der Waals surface area (Å²) in [5.41, 5.74) is 3.74. The van der Waals surface area contributed by atoms with Crippen molar-refractivity contribution in [3.63, 3.8) is 0 Å². The van der Waals surface area contributed by atoms with Crippen molar-refractivity contribution in [1.29, 1.82) is 0 Å². The molecule has 0 radical (unpaired) electrons. The van der Waals surface area contributed by atoms with Crippen molar-refractivity contribution >= 4 is 11.6 Å². The minimum Gasteiger partial charge on any atom is -0.392 e. The van der Waals surface area contributed by atoms with Crippen molar-refractivity contribution in [3.8, 4) is 11.4 Å². The Bertz CT molecular complexity index is 1080. The van der Waals surface area contributed by atoms with Crippen LogP contribution in [0.3, 0.4) is 0 Å². The van der Waals surface area contributed by atoms with Crippen LogP contribution in [-0.4, -0.2) is 47.2 Å². The second-order valence-electron chi connectivity index (χ2n) is 7.93. The number of aliphatic hydroxyl groups is 1. The summed E-state index contributed by atoms with van der Waals surface area (Å²) in [5.74, 6) is 0.484. The number of anilines is 1. The highest BCUT2D eigenvalue weighted by molar-refractivity contribution is 5.83. The topological polar surface area (TPSA) is 75.5 Å². The van der Waals surface area contributed by atoms with Crippen molar-refractivity contribution in [2.45, 2.75) is 26.4 Å². The fraction of sp³-hybridized carbons (Fsp3) is 0.320. The highest BCUT2D eigenvalue weighted by Gasteiger charge is 2.20. The average molecular weight is 435 g/mol. The lowest BCUT2D eigenvalue weighted by atomic mass is 10.0. The number of morpholine rings is 1. The lowest BCUT2D eigenvalue weighted by molar-refractivity contribution is -0.117. The van der Waals surface area contributed by atoms with Gasteiger partial charge < -0.3 is 14.7 Å². The summed E-state index contributed by atoms with van der Waals surface area (Å²) < 4.78 is 20.0. The molecule has 0 atom stereocenters. The Balaban J connectivity index is 1.46. The molecule has 1 aliphatic rings. The van der Waals surface area contributed by atoms with Crippen LogP contribution < -0.4 is 4.90 Å². The number of aryl methyl sites for hydroxylation is 1. The summed E-state index contributed by atoms with van der Waals surface area (Å²) in [6.45, 7) is 3.92. The zero-order chi connectivity index (χ0) is 22.5. The van der Waals surface area contributed by atoms with E-state index in [1.54, 1.807) is 6.92 Å². The lowest BCUT2D eigenvalue weighted by Crippen LogP contribution is -2.37. The normalized spacial score (nSPS) is 13.9. The minimum atomic E-state index is -0.398. The molecule has 2 aromatic carbocycles. The van der Waals surface area contributed by atoms with Crippen LogP contribution in [-0.2, 0) is 29.0 Å². The van der Waals surface area contributed by atoms with Gasteiger partial charge in [-0.05, 0) is 23.6 Å². The Hall–Kier alpha value is -3.16. The third-order valence-corrected chi connectivity index (χ3v) is 5.53. The number of halogens is 1. The molecule has 2 heterocycles. The van der Waals surface area contributed by atoms with Gasteiger partial charge in [0.15, 0.2) is 17.5 Å². The summed E-state index contributed by atoms with van der Waals surface area (Å²) in [5, 5.41) is 9.12. The maximum absolute atomic E-state index is 14.7. The molecule has 0 amide bonds. The van der Waals surface area contributed by atoms with Gasteiger partial charge in [0.25, 0.3) is 0 Å². The van der Waals surface area contributed by atoms with Crippen LogP contribution >= 0.6 is 0 Å². The van der Waals surface area contributed by atoms with Gasteiger partial charge in [-0.25, -0.2) is 14.4 Å². The van der Waals surface area contributed by atoms with Gasteiger partial charge in [-0.1, -0.05) is 48.5 Å². The van der Waals surface area contributed by atoms with E-state index in [-0.39, 0.29) is 12.4 Å². The number of rotatable bonds is 7. The first kappa shape index (κ1) is 22.0. The molecule has 3 aromatic rings. The van der Waals surface area contributed by atoms with E-state index in [1.165, 1.54) is 0 Å². The molecule has 0 spiro atoms. The molecule has 1 saturated heterocycles. The van der Waals surface area contributed by atoms with Crippen LogP contribution in [0.1, 0.15) is 22.4 Å². The van der Waals surface area contributed by atoms with Crippen molar-refractivity contribution in [3.05, 3.63) is 76.7 Å². The molecule has 0 bridgehead atoms. The Labute approximate surface area is 186 Å². The van der Waals surface area contributed by atoms with Gasteiger partial charge in [-0.3, -0.25) is 4.79 Å². The van der Waals surface area contributed by atoms with E-state index in [0.717, 1.165) is 22.3 Å². The van der Waals surface area contributed by atoms with Gasteiger partial charge in [-0.15, -0.1) is 0 Å². The number of carbonyl (C=O) groups is 1. The van der Waals surface area contributed by atoms with E-state index in [0.29, 0.717) is 56.5 Å². The Morgan fingerprint density at radius 3 is 2.12 bits per heavy atom. The van der Waals surface area contributed by atoms with Crippen LogP contribution in [0.4, 0.5) is 10.2 Å².